The summed E-state index contributed by atoms with van der Waals surface area (Å²) in [5, 5.41) is 18.2. The second-order valence-corrected chi connectivity index (χ2v) is 6.94. The van der Waals surface area contributed by atoms with Gasteiger partial charge in [-0.15, -0.1) is 10.2 Å². The monoisotopic (exact) mass is 327 g/mol. The Morgan fingerprint density at radius 2 is 2.33 bits per heavy atom. The molecule has 0 saturated heterocycles. The van der Waals surface area contributed by atoms with Crippen LogP contribution in [0, 0.1) is 6.92 Å². The molecule has 0 radical (unpaired) electrons. The van der Waals surface area contributed by atoms with Crippen LogP contribution in [0.25, 0.3) is 0 Å². The van der Waals surface area contributed by atoms with Gasteiger partial charge in [-0.25, -0.2) is 0 Å². The molecule has 9 heteroatoms. The van der Waals surface area contributed by atoms with Gasteiger partial charge < -0.3 is 15.2 Å². The maximum atomic E-state index is 12.0. The summed E-state index contributed by atoms with van der Waals surface area (Å²) in [6.07, 6.45) is 1.03. The molecular formula is C12H17N5O2S2. The zero-order valence-electron chi connectivity index (χ0n) is 12.0. The molecule has 1 atom stereocenters. The van der Waals surface area contributed by atoms with Crippen molar-refractivity contribution in [2.75, 3.05) is 17.2 Å². The number of thioether (sulfide) groups is 1. The fraction of sp³-hybridized carbons (Fsp3) is 0.500. The predicted molar refractivity (Wildman–Crippen MR) is 83.9 cm³/mol. The summed E-state index contributed by atoms with van der Waals surface area (Å²) in [6, 6.07) is 1.67. The van der Waals surface area contributed by atoms with E-state index in [-0.39, 0.29) is 11.2 Å². The number of nitrogens with zero attached hydrogens (tertiary/aromatic N) is 3. The first-order valence-corrected chi connectivity index (χ1v) is 8.26. The molecule has 0 aliphatic carbocycles. The average molecular weight is 327 g/mol. The summed E-state index contributed by atoms with van der Waals surface area (Å²) in [6.45, 7) is 6.53. The fourth-order valence-corrected chi connectivity index (χ4v) is 3.34. The van der Waals surface area contributed by atoms with Gasteiger partial charge in [0.05, 0.1) is 5.25 Å². The van der Waals surface area contributed by atoms with Crippen LogP contribution in [-0.4, -0.2) is 33.1 Å². The zero-order chi connectivity index (χ0) is 15.2. The quantitative estimate of drug-likeness (QED) is 0.755. The average Bonchev–Trinajstić information content (AvgIpc) is 3.05. The Labute approximate surface area is 130 Å². The smallest absolute Gasteiger partial charge is 0.238 e. The maximum Gasteiger partial charge on any atom is 0.238 e. The lowest BCUT2D eigenvalue weighted by atomic mass is 10.4. The Balaban J connectivity index is 1.86. The highest BCUT2D eigenvalue weighted by molar-refractivity contribution is 8.02. The number of carbonyl (C=O) groups is 1. The molecule has 0 aliphatic heterocycles. The molecule has 2 rings (SSSR count). The molecule has 7 nitrogen and oxygen atoms in total. The van der Waals surface area contributed by atoms with Crippen molar-refractivity contribution >= 4 is 40.0 Å². The molecule has 0 bridgehead atoms. The van der Waals surface area contributed by atoms with Crippen LogP contribution in [0.15, 0.2) is 14.9 Å². The van der Waals surface area contributed by atoms with E-state index in [1.54, 1.807) is 13.0 Å². The van der Waals surface area contributed by atoms with Crippen molar-refractivity contribution in [1.29, 1.82) is 0 Å². The van der Waals surface area contributed by atoms with Crippen molar-refractivity contribution in [3.05, 3.63) is 11.8 Å². The summed E-state index contributed by atoms with van der Waals surface area (Å²) in [5.74, 6) is 0.931. The van der Waals surface area contributed by atoms with E-state index in [4.69, 9.17) is 4.52 Å². The topological polar surface area (TPSA) is 92.9 Å². The van der Waals surface area contributed by atoms with Gasteiger partial charge in [0.15, 0.2) is 10.2 Å². The van der Waals surface area contributed by atoms with Gasteiger partial charge in [0.25, 0.3) is 0 Å². The Hall–Kier alpha value is -1.61. The third-order valence-electron chi connectivity index (χ3n) is 2.46. The SMILES string of the molecule is CCCNc1nnc(S[C@@H](C)C(=O)Nc2cc(C)on2)s1. The fourth-order valence-electron chi connectivity index (χ4n) is 1.42. The van der Waals surface area contributed by atoms with Gasteiger partial charge in [-0.3, -0.25) is 4.79 Å². The molecule has 2 heterocycles. The van der Waals surface area contributed by atoms with Crippen LogP contribution in [0.1, 0.15) is 26.0 Å². The summed E-state index contributed by atoms with van der Waals surface area (Å²) >= 11 is 2.81. The van der Waals surface area contributed by atoms with Gasteiger partial charge >= 0.3 is 0 Å². The van der Waals surface area contributed by atoms with Gasteiger partial charge in [-0.05, 0) is 20.3 Å². The number of carbonyl (C=O) groups excluding carboxylic acids is 1. The zero-order valence-corrected chi connectivity index (χ0v) is 13.7. The standard InChI is InChI=1S/C12H17N5O2S2/c1-4-5-13-11-15-16-12(21-11)20-8(3)10(18)14-9-6-7(2)19-17-9/h6,8H,4-5H2,1-3H3,(H,13,15)(H,14,17,18)/t8-/m0/s1. The van der Waals surface area contributed by atoms with E-state index in [1.165, 1.54) is 23.1 Å². The van der Waals surface area contributed by atoms with Gasteiger partial charge in [-0.1, -0.05) is 35.2 Å². The largest absolute Gasteiger partial charge is 0.360 e. The van der Waals surface area contributed by atoms with Crippen LogP contribution in [0.2, 0.25) is 0 Å². The third-order valence-corrected chi connectivity index (χ3v) is 4.52. The molecule has 2 aromatic heterocycles. The Bertz CT molecular complexity index is 598. The minimum atomic E-state index is -0.297. The molecule has 0 aliphatic rings. The van der Waals surface area contributed by atoms with Crippen LogP contribution >= 0.6 is 23.1 Å². The third kappa shape index (κ3) is 4.71. The van der Waals surface area contributed by atoms with E-state index in [2.05, 4.69) is 32.9 Å². The van der Waals surface area contributed by atoms with Gasteiger partial charge in [0.1, 0.15) is 5.76 Å². The van der Waals surface area contributed by atoms with Crippen molar-refractivity contribution in [2.24, 2.45) is 0 Å². The lowest BCUT2D eigenvalue weighted by molar-refractivity contribution is -0.115. The number of nitrogens with one attached hydrogen (secondary N) is 2. The lowest BCUT2D eigenvalue weighted by Crippen LogP contribution is -2.22. The van der Waals surface area contributed by atoms with Crippen molar-refractivity contribution in [3.63, 3.8) is 0 Å². The first-order valence-electron chi connectivity index (χ1n) is 6.56. The number of anilines is 2. The van der Waals surface area contributed by atoms with E-state index >= 15 is 0 Å². The first-order chi connectivity index (χ1) is 10.1. The van der Waals surface area contributed by atoms with Crippen LogP contribution < -0.4 is 10.6 Å². The molecule has 0 fully saturated rings. The number of hydrogen-bond acceptors (Lipinski definition) is 8. The Morgan fingerprint density at radius 1 is 1.52 bits per heavy atom. The van der Waals surface area contributed by atoms with E-state index < -0.39 is 0 Å². The van der Waals surface area contributed by atoms with E-state index in [0.29, 0.717) is 11.6 Å². The van der Waals surface area contributed by atoms with E-state index in [1.807, 2.05) is 6.92 Å². The highest BCUT2D eigenvalue weighted by Crippen LogP contribution is 2.29. The minimum Gasteiger partial charge on any atom is -0.360 e. The van der Waals surface area contributed by atoms with Gasteiger partial charge in [0, 0.05) is 12.6 Å². The number of amides is 1. The molecule has 2 aromatic rings. The second kappa shape index (κ2) is 7.41. The molecular weight excluding hydrogens is 310 g/mol. The molecule has 0 saturated carbocycles. The number of aromatic nitrogens is 3. The lowest BCUT2D eigenvalue weighted by Gasteiger charge is -2.07. The van der Waals surface area contributed by atoms with Crippen LogP contribution in [0.3, 0.4) is 0 Å². The van der Waals surface area contributed by atoms with Crippen LogP contribution in [0.5, 0.6) is 0 Å². The van der Waals surface area contributed by atoms with Crippen molar-refractivity contribution in [2.45, 2.75) is 36.8 Å². The molecule has 21 heavy (non-hydrogen) atoms. The normalized spacial score (nSPS) is 12.1. The summed E-state index contributed by atoms with van der Waals surface area (Å²) in [5.41, 5.74) is 0. The summed E-state index contributed by atoms with van der Waals surface area (Å²) in [7, 11) is 0. The molecule has 2 N–H and O–H groups in total. The summed E-state index contributed by atoms with van der Waals surface area (Å²) < 4.78 is 5.66. The number of hydrogen-bond donors (Lipinski definition) is 2. The maximum absolute atomic E-state index is 12.0. The molecule has 0 aromatic carbocycles. The molecule has 114 valence electrons. The van der Waals surface area contributed by atoms with Gasteiger partial charge in [-0.2, -0.15) is 0 Å². The molecule has 1 amide bonds. The van der Waals surface area contributed by atoms with E-state index in [9.17, 15) is 4.79 Å². The van der Waals surface area contributed by atoms with Crippen molar-refractivity contribution in [1.82, 2.24) is 15.4 Å². The summed E-state index contributed by atoms with van der Waals surface area (Å²) in [4.78, 5) is 12.0. The highest BCUT2D eigenvalue weighted by Gasteiger charge is 2.18. The number of aryl methyl sites for hydroxylation is 1. The highest BCUT2D eigenvalue weighted by atomic mass is 32.2. The van der Waals surface area contributed by atoms with Crippen molar-refractivity contribution < 1.29 is 9.32 Å². The first kappa shape index (κ1) is 15.8. The molecule has 0 unspecified atom stereocenters. The van der Waals surface area contributed by atoms with Crippen LogP contribution in [-0.2, 0) is 4.79 Å². The second-order valence-electron chi connectivity index (χ2n) is 4.37. The Morgan fingerprint density at radius 3 is 3.00 bits per heavy atom. The van der Waals surface area contributed by atoms with Crippen LogP contribution in [0.4, 0.5) is 10.9 Å². The molecule has 0 spiro atoms. The predicted octanol–water partition coefficient (Wildman–Crippen LogP) is 2.78. The van der Waals surface area contributed by atoms with Gasteiger partial charge in [0.2, 0.25) is 11.0 Å². The van der Waals surface area contributed by atoms with E-state index in [0.717, 1.165) is 22.4 Å². The van der Waals surface area contributed by atoms with Crippen molar-refractivity contribution in [3.8, 4) is 0 Å². The Kier molecular flexibility index (Phi) is 5.57. The number of rotatable bonds is 7. The minimum absolute atomic E-state index is 0.147.